The number of nitrogens with zero attached hydrogens (tertiary/aromatic N) is 1. The molecule has 0 unspecified atom stereocenters. The number of hydrogen-bond acceptors (Lipinski definition) is 3. The van der Waals surface area contributed by atoms with Gasteiger partial charge in [-0.25, -0.2) is 4.98 Å². The Kier molecular flexibility index (Phi) is 4.11. The van der Waals surface area contributed by atoms with Crippen LogP contribution in [0.15, 0.2) is 30.3 Å². The normalized spacial score (nSPS) is 17.8. The van der Waals surface area contributed by atoms with Gasteiger partial charge < -0.3 is 10.4 Å². The summed E-state index contributed by atoms with van der Waals surface area (Å²) in [7, 11) is 0. The van der Waals surface area contributed by atoms with Gasteiger partial charge >= 0.3 is 0 Å². The molecule has 0 amide bonds. The lowest BCUT2D eigenvalue weighted by molar-refractivity contribution is 0.0943. The Balaban J connectivity index is 1.79. The van der Waals surface area contributed by atoms with Crippen LogP contribution in [-0.4, -0.2) is 23.2 Å². The van der Waals surface area contributed by atoms with Gasteiger partial charge in [0.15, 0.2) is 0 Å². The van der Waals surface area contributed by atoms with Crippen molar-refractivity contribution in [2.75, 3.05) is 18.5 Å². The molecule has 1 aromatic heterocycles. The van der Waals surface area contributed by atoms with Crippen LogP contribution in [0.25, 0.3) is 10.9 Å². The van der Waals surface area contributed by atoms with E-state index in [0.29, 0.717) is 0 Å². The van der Waals surface area contributed by atoms with Gasteiger partial charge in [-0.3, -0.25) is 0 Å². The summed E-state index contributed by atoms with van der Waals surface area (Å²) >= 11 is 0. The molecule has 1 heterocycles. The number of nitrogens with one attached hydrogen (secondary N) is 1. The molecular weight excluding hydrogens is 260 g/mol. The van der Waals surface area contributed by atoms with Gasteiger partial charge in [-0.2, -0.15) is 0 Å². The van der Waals surface area contributed by atoms with E-state index >= 15 is 0 Å². The van der Waals surface area contributed by atoms with Crippen LogP contribution in [0.2, 0.25) is 0 Å². The minimum absolute atomic E-state index is 0.0397. The largest absolute Gasteiger partial charge is 0.396 e. The lowest BCUT2D eigenvalue weighted by atomic mass is 9.74. The number of fused-ring (bicyclic) bond motifs is 1. The first-order valence-corrected chi connectivity index (χ1v) is 7.94. The third-order valence-electron chi connectivity index (χ3n) is 4.79. The van der Waals surface area contributed by atoms with Crippen molar-refractivity contribution < 1.29 is 5.11 Å². The average molecular weight is 284 g/mol. The van der Waals surface area contributed by atoms with Gasteiger partial charge in [0.25, 0.3) is 0 Å². The van der Waals surface area contributed by atoms with Crippen molar-refractivity contribution in [3.8, 4) is 0 Å². The lowest BCUT2D eigenvalue weighted by Gasteiger charge is -2.36. The first-order valence-electron chi connectivity index (χ1n) is 7.94. The van der Waals surface area contributed by atoms with E-state index in [1.165, 1.54) is 24.6 Å². The number of aliphatic hydroxyl groups is 1. The van der Waals surface area contributed by atoms with E-state index in [1.807, 2.05) is 18.2 Å². The quantitative estimate of drug-likeness (QED) is 0.895. The molecule has 1 aliphatic rings. The zero-order chi connectivity index (χ0) is 14.7. The summed E-state index contributed by atoms with van der Waals surface area (Å²) in [6, 6.07) is 10.4. The van der Waals surface area contributed by atoms with Gasteiger partial charge in [0, 0.05) is 17.3 Å². The van der Waals surface area contributed by atoms with Gasteiger partial charge in [0.05, 0.1) is 12.1 Å². The average Bonchev–Trinajstić information content (AvgIpc) is 2.54. The maximum absolute atomic E-state index is 9.80. The van der Waals surface area contributed by atoms with Gasteiger partial charge in [-0.15, -0.1) is 0 Å². The van der Waals surface area contributed by atoms with Gasteiger partial charge in [0.1, 0.15) is 5.82 Å². The molecule has 3 heteroatoms. The Labute approximate surface area is 126 Å². The number of hydrogen-bond donors (Lipinski definition) is 2. The highest BCUT2D eigenvalue weighted by molar-refractivity contribution is 5.81. The second-order valence-corrected chi connectivity index (χ2v) is 6.42. The van der Waals surface area contributed by atoms with Gasteiger partial charge in [0.2, 0.25) is 0 Å². The third kappa shape index (κ3) is 3.03. The number of benzene rings is 1. The van der Waals surface area contributed by atoms with Crippen molar-refractivity contribution in [3.63, 3.8) is 0 Å². The number of anilines is 1. The topological polar surface area (TPSA) is 45.2 Å². The van der Waals surface area contributed by atoms with E-state index in [2.05, 4.69) is 24.4 Å². The van der Waals surface area contributed by atoms with Crippen LogP contribution in [0, 0.1) is 12.3 Å². The molecule has 112 valence electrons. The van der Waals surface area contributed by atoms with E-state index < -0.39 is 0 Å². The molecule has 0 bridgehead atoms. The Morgan fingerprint density at radius 2 is 1.95 bits per heavy atom. The molecule has 0 spiro atoms. The number of aliphatic hydroxyl groups excluding tert-OH is 1. The minimum Gasteiger partial charge on any atom is -0.396 e. The predicted octanol–water partition coefficient (Wildman–Crippen LogP) is 3.90. The van der Waals surface area contributed by atoms with Crippen LogP contribution < -0.4 is 5.32 Å². The molecule has 1 aromatic carbocycles. The lowest BCUT2D eigenvalue weighted by Crippen LogP contribution is -2.35. The first-order chi connectivity index (χ1) is 10.2. The molecule has 1 aliphatic carbocycles. The molecule has 1 saturated carbocycles. The summed E-state index contributed by atoms with van der Waals surface area (Å²) in [5.74, 6) is 0.951. The van der Waals surface area contributed by atoms with Crippen LogP contribution in [0.4, 0.5) is 5.82 Å². The summed E-state index contributed by atoms with van der Waals surface area (Å²) in [6.07, 6.45) is 5.99. The SMILES string of the molecule is Cc1cc2ccccc2nc1NCC1(CO)CCCCC1. The molecule has 0 radical (unpaired) electrons. The Morgan fingerprint density at radius 3 is 2.71 bits per heavy atom. The van der Waals surface area contributed by atoms with Crippen LogP contribution in [-0.2, 0) is 0 Å². The molecule has 0 aliphatic heterocycles. The Hall–Kier alpha value is -1.61. The smallest absolute Gasteiger partial charge is 0.129 e. The zero-order valence-electron chi connectivity index (χ0n) is 12.7. The van der Waals surface area contributed by atoms with Crippen molar-refractivity contribution in [3.05, 3.63) is 35.9 Å². The van der Waals surface area contributed by atoms with E-state index in [1.54, 1.807) is 0 Å². The Bertz CT molecular complexity index is 618. The monoisotopic (exact) mass is 284 g/mol. The van der Waals surface area contributed by atoms with Crippen LogP contribution in [0.5, 0.6) is 0 Å². The highest BCUT2D eigenvalue weighted by Crippen LogP contribution is 2.36. The minimum atomic E-state index is 0.0397. The molecule has 0 atom stereocenters. The first kappa shape index (κ1) is 14.3. The molecule has 2 aromatic rings. The number of pyridine rings is 1. The van der Waals surface area contributed by atoms with E-state index in [9.17, 15) is 5.11 Å². The summed E-state index contributed by atoms with van der Waals surface area (Å²) in [4.78, 5) is 4.73. The highest BCUT2D eigenvalue weighted by Gasteiger charge is 2.31. The molecule has 3 rings (SSSR count). The second-order valence-electron chi connectivity index (χ2n) is 6.42. The van der Waals surface area contributed by atoms with E-state index in [0.717, 1.165) is 36.3 Å². The third-order valence-corrected chi connectivity index (χ3v) is 4.79. The predicted molar refractivity (Wildman–Crippen MR) is 87.6 cm³/mol. The fraction of sp³-hybridized carbons (Fsp3) is 0.500. The van der Waals surface area contributed by atoms with Gasteiger partial charge in [-0.1, -0.05) is 37.5 Å². The summed E-state index contributed by atoms with van der Waals surface area (Å²) in [5, 5.41) is 14.5. The maximum atomic E-state index is 9.80. The number of rotatable bonds is 4. The fourth-order valence-corrected chi connectivity index (χ4v) is 3.36. The summed E-state index contributed by atoms with van der Waals surface area (Å²) < 4.78 is 0. The van der Waals surface area contributed by atoms with Crippen molar-refractivity contribution in [1.82, 2.24) is 4.98 Å². The zero-order valence-corrected chi connectivity index (χ0v) is 12.7. The van der Waals surface area contributed by atoms with E-state index in [-0.39, 0.29) is 12.0 Å². The van der Waals surface area contributed by atoms with Crippen LogP contribution in [0.1, 0.15) is 37.7 Å². The number of aromatic nitrogens is 1. The Morgan fingerprint density at radius 1 is 1.19 bits per heavy atom. The standard InChI is InChI=1S/C18H24N2O/c1-14-11-15-7-3-4-8-16(15)20-17(14)19-12-18(13-21)9-5-2-6-10-18/h3-4,7-8,11,21H,2,5-6,9-10,12-13H2,1H3,(H,19,20). The van der Waals surface area contributed by atoms with Crippen molar-refractivity contribution in [2.24, 2.45) is 5.41 Å². The second kappa shape index (κ2) is 6.02. The molecule has 21 heavy (non-hydrogen) atoms. The van der Waals surface area contributed by atoms with Crippen molar-refractivity contribution in [2.45, 2.75) is 39.0 Å². The molecular formula is C18H24N2O. The fourth-order valence-electron chi connectivity index (χ4n) is 3.36. The van der Waals surface area contributed by atoms with Crippen molar-refractivity contribution >= 4 is 16.7 Å². The number of para-hydroxylation sites is 1. The molecule has 0 saturated heterocycles. The molecule has 1 fully saturated rings. The van der Waals surface area contributed by atoms with Gasteiger partial charge in [-0.05, 0) is 37.5 Å². The highest BCUT2D eigenvalue weighted by atomic mass is 16.3. The number of aryl methyl sites for hydroxylation is 1. The van der Waals surface area contributed by atoms with Crippen molar-refractivity contribution in [1.29, 1.82) is 0 Å². The summed E-state index contributed by atoms with van der Waals surface area (Å²) in [5.41, 5.74) is 2.22. The summed E-state index contributed by atoms with van der Waals surface area (Å²) in [6.45, 7) is 3.18. The maximum Gasteiger partial charge on any atom is 0.129 e. The van der Waals surface area contributed by atoms with E-state index in [4.69, 9.17) is 4.98 Å². The molecule has 2 N–H and O–H groups in total. The van der Waals surface area contributed by atoms with Crippen LogP contribution in [0.3, 0.4) is 0 Å². The molecule has 3 nitrogen and oxygen atoms in total. The van der Waals surface area contributed by atoms with Crippen LogP contribution >= 0.6 is 0 Å².